The molecule has 2 aromatic carbocycles. The van der Waals surface area contributed by atoms with Crippen LogP contribution >= 0.6 is 0 Å². The molecule has 0 spiro atoms. The summed E-state index contributed by atoms with van der Waals surface area (Å²) in [6, 6.07) is 12.6. The van der Waals surface area contributed by atoms with Crippen LogP contribution in [0.15, 0.2) is 53.4 Å². The van der Waals surface area contributed by atoms with Crippen LogP contribution in [0.5, 0.6) is 11.5 Å². The van der Waals surface area contributed by atoms with Gasteiger partial charge in [0.25, 0.3) is 5.91 Å². The first kappa shape index (κ1) is 25.6. The van der Waals surface area contributed by atoms with Crippen LogP contribution in [0.3, 0.4) is 0 Å². The quantitative estimate of drug-likeness (QED) is 0.345. The second-order valence-corrected chi connectivity index (χ2v) is 10.3. The van der Waals surface area contributed by atoms with E-state index in [0.717, 1.165) is 0 Å². The van der Waals surface area contributed by atoms with E-state index in [0.29, 0.717) is 36.4 Å². The molecule has 1 unspecified atom stereocenters. The highest BCUT2D eigenvalue weighted by atomic mass is 32.2. The average Bonchev–Trinajstić information content (AvgIpc) is 2.82. The summed E-state index contributed by atoms with van der Waals surface area (Å²) in [6.07, 6.45) is 1.24. The van der Waals surface area contributed by atoms with Gasteiger partial charge >= 0.3 is 0 Å². The monoisotopic (exact) mass is 464 g/mol. The maximum atomic E-state index is 13.5. The van der Waals surface area contributed by atoms with E-state index in [9.17, 15) is 18.4 Å². The molecule has 0 bridgehead atoms. The molecule has 176 valence electrons. The number of ether oxygens (including phenoxy) is 2. The van der Waals surface area contributed by atoms with E-state index in [1.54, 1.807) is 24.3 Å². The Hall–Kier alpha value is -2.62. The standard InChI is InChI=1S/C23H32N2O6S/c1-5-23(6-2,16-24)31-19-9-7-8-17(14-19)15-22(3,21(26)25-27)32(28,29)20-12-10-18(30-4)11-13-20/h7-14,27H,5-6,15-16,24H2,1-4H3,(H,25,26). The number of nitrogens with two attached hydrogens (primary N) is 1. The number of methoxy groups -OCH3 is 1. The highest BCUT2D eigenvalue weighted by Crippen LogP contribution is 2.32. The SMILES string of the molecule is CCC(CC)(CN)Oc1cccc(CC(C)(C(=O)NO)S(=O)(=O)c2ccc(OC)cc2)c1. The molecule has 0 saturated carbocycles. The molecule has 8 nitrogen and oxygen atoms in total. The largest absolute Gasteiger partial charge is 0.497 e. The highest BCUT2D eigenvalue weighted by molar-refractivity contribution is 7.93. The van der Waals surface area contributed by atoms with Gasteiger partial charge in [-0.3, -0.25) is 10.0 Å². The van der Waals surface area contributed by atoms with Gasteiger partial charge in [-0.25, -0.2) is 13.9 Å². The number of carbonyl (C=O) groups excluding carboxylic acids is 1. The molecule has 2 rings (SSSR count). The van der Waals surface area contributed by atoms with Gasteiger partial charge in [-0.15, -0.1) is 0 Å². The Balaban J connectivity index is 2.45. The summed E-state index contributed by atoms with van der Waals surface area (Å²) in [6.45, 7) is 5.60. The lowest BCUT2D eigenvalue weighted by atomic mass is 9.96. The van der Waals surface area contributed by atoms with Gasteiger partial charge in [-0.2, -0.15) is 0 Å². The molecule has 0 aromatic heterocycles. The average molecular weight is 465 g/mol. The molecular weight excluding hydrogens is 432 g/mol. The second kappa shape index (κ2) is 10.3. The zero-order chi connectivity index (χ0) is 24.0. The van der Waals surface area contributed by atoms with Crippen molar-refractivity contribution in [1.29, 1.82) is 0 Å². The van der Waals surface area contributed by atoms with Crippen LogP contribution in [0, 0.1) is 0 Å². The lowest BCUT2D eigenvalue weighted by Crippen LogP contribution is -2.51. The van der Waals surface area contributed by atoms with Crippen molar-refractivity contribution < 1.29 is 27.9 Å². The van der Waals surface area contributed by atoms with Crippen molar-refractivity contribution in [2.45, 2.75) is 55.3 Å². The maximum Gasteiger partial charge on any atom is 0.265 e. The van der Waals surface area contributed by atoms with Crippen molar-refractivity contribution in [2.75, 3.05) is 13.7 Å². The first-order valence-corrected chi connectivity index (χ1v) is 11.9. The van der Waals surface area contributed by atoms with Gasteiger partial charge in [0.15, 0.2) is 14.6 Å². The Morgan fingerprint density at radius 2 is 1.72 bits per heavy atom. The van der Waals surface area contributed by atoms with Crippen LogP contribution in [0.25, 0.3) is 0 Å². The number of carbonyl (C=O) groups is 1. The molecule has 32 heavy (non-hydrogen) atoms. The van der Waals surface area contributed by atoms with E-state index < -0.39 is 26.1 Å². The van der Waals surface area contributed by atoms with Crippen LogP contribution in [-0.4, -0.2) is 43.5 Å². The number of rotatable bonds is 11. The molecule has 4 N–H and O–H groups in total. The number of nitrogens with one attached hydrogen (secondary N) is 1. The number of sulfone groups is 1. The molecular formula is C23H32N2O6S. The number of amides is 1. The summed E-state index contributed by atoms with van der Waals surface area (Å²) in [7, 11) is -2.71. The van der Waals surface area contributed by atoms with Crippen molar-refractivity contribution in [1.82, 2.24) is 5.48 Å². The van der Waals surface area contributed by atoms with Gasteiger partial charge in [0.1, 0.15) is 17.1 Å². The van der Waals surface area contributed by atoms with Gasteiger partial charge in [0, 0.05) is 13.0 Å². The minimum Gasteiger partial charge on any atom is -0.497 e. The Morgan fingerprint density at radius 1 is 1.09 bits per heavy atom. The van der Waals surface area contributed by atoms with Crippen molar-refractivity contribution >= 4 is 15.7 Å². The third-order valence-electron chi connectivity index (χ3n) is 5.98. The lowest BCUT2D eigenvalue weighted by molar-refractivity contribution is -0.131. The minimum atomic E-state index is -4.19. The van der Waals surface area contributed by atoms with Crippen LogP contribution in [0.2, 0.25) is 0 Å². The third kappa shape index (κ3) is 5.06. The fourth-order valence-electron chi connectivity index (χ4n) is 3.51. The van der Waals surface area contributed by atoms with Crippen LogP contribution in [0.1, 0.15) is 39.2 Å². The van der Waals surface area contributed by atoms with Crippen molar-refractivity contribution in [3.05, 3.63) is 54.1 Å². The molecule has 0 heterocycles. The number of hydroxylamine groups is 1. The summed E-state index contributed by atoms with van der Waals surface area (Å²) in [5.41, 5.74) is 7.47. The molecule has 0 saturated heterocycles. The van der Waals surface area contributed by atoms with Gasteiger partial charge in [-0.05, 0) is 61.7 Å². The van der Waals surface area contributed by atoms with E-state index in [1.165, 1.54) is 43.8 Å². The van der Waals surface area contributed by atoms with Gasteiger partial charge in [0.05, 0.1) is 12.0 Å². The molecule has 1 atom stereocenters. The first-order chi connectivity index (χ1) is 15.1. The summed E-state index contributed by atoms with van der Waals surface area (Å²) >= 11 is 0. The summed E-state index contributed by atoms with van der Waals surface area (Å²) in [5.74, 6) is -0.0133. The van der Waals surface area contributed by atoms with E-state index >= 15 is 0 Å². The van der Waals surface area contributed by atoms with Crippen molar-refractivity contribution in [2.24, 2.45) is 5.73 Å². The van der Waals surface area contributed by atoms with E-state index in [-0.39, 0.29) is 11.3 Å². The Kier molecular flexibility index (Phi) is 8.28. The van der Waals surface area contributed by atoms with E-state index in [1.807, 2.05) is 13.8 Å². The smallest absolute Gasteiger partial charge is 0.265 e. The van der Waals surface area contributed by atoms with E-state index in [2.05, 4.69) is 0 Å². The summed E-state index contributed by atoms with van der Waals surface area (Å²) in [5, 5.41) is 9.32. The maximum absolute atomic E-state index is 13.5. The van der Waals surface area contributed by atoms with E-state index in [4.69, 9.17) is 15.2 Å². The molecule has 0 fully saturated rings. The fraction of sp³-hybridized carbons (Fsp3) is 0.435. The van der Waals surface area contributed by atoms with Crippen molar-refractivity contribution in [3.63, 3.8) is 0 Å². The predicted octanol–water partition coefficient (Wildman–Crippen LogP) is 2.87. The minimum absolute atomic E-state index is 0.0593. The third-order valence-corrected chi connectivity index (χ3v) is 8.39. The number of hydrogen-bond donors (Lipinski definition) is 3. The molecule has 0 aliphatic carbocycles. The van der Waals surface area contributed by atoms with Gasteiger partial charge in [0.2, 0.25) is 0 Å². The molecule has 2 aromatic rings. The van der Waals surface area contributed by atoms with Gasteiger partial charge in [-0.1, -0.05) is 26.0 Å². The summed E-state index contributed by atoms with van der Waals surface area (Å²) in [4.78, 5) is 12.6. The highest BCUT2D eigenvalue weighted by Gasteiger charge is 2.47. The van der Waals surface area contributed by atoms with Crippen LogP contribution < -0.4 is 20.7 Å². The zero-order valence-corrected chi connectivity index (χ0v) is 19.7. The van der Waals surface area contributed by atoms with Gasteiger partial charge < -0.3 is 15.2 Å². The topological polar surface area (TPSA) is 128 Å². The molecule has 9 heteroatoms. The molecule has 1 amide bonds. The normalized spacial score (nSPS) is 13.8. The zero-order valence-electron chi connectivity index (χ0n) is 18.9. The number of benzene rings is 2. The molecule has 0 aliphatic heterocycles. The van der Waals surface area contributed by atoms with Crippen LogP contribution in [-0.2, 0) is 21.1 Å². The van der Waals surface area contributed by atoms with Crippen molar-refractivity contribution in [3.8, 4) is 11.5 Å². The second-order valence-electron chi connectivity index (χ2n) is 7.87. The Labute approximate surface area is 189 Å². The first-order valence-electron chi connectivity index (χ1n) is 10.4. The molecule has 0 radical (unpaired) electrons. The molecule has 0 aliphatic rings. The predicted molar refractivity (Wildman–Crippen MR) is 122 cm³/mol. The Morgan fingerprint density at radius 3 is 2.22 bits per heavy atom. The van der Waals surface area contributed by atoms with Crippen LogP contribution in [0.4, 0.5) is 0 Å². The lowest BCUT2D eigenvalue weighted by Gasteiger charge is -2.32. The number of hydrogen-bond acceptors (Lipinski definition) is 7. The fourth-order valence-corrected chi connectivity index (χ4v) is 5.17. The summed E-state index contributed by atoms with van der Waals surface area (Å²) < 4.78 is 36.1. The Bertz CT molecular complexity index is 1010.